The van der Waals surface area contributed by atoms with E-state index in [1.54, 1.807) is 13.2 Å². The zero-order chi connectivity index (χ0) is 21.2. The average molecular weight is 418 g/mol. The molecule has 2 N–H and O–H groups in total. The number of aromatic nitrogens is 2. The van der Waals surface area contributed by atoms with Crippen LogP contribution in [0.4, 0.5) is 0 Å². The molecule has 31 heavy (non-hydrogen) atoms. The lowest BCUT2D eigenvalue weighted by atomic mass is 9.77. The standard InChI is InChI=1S/C24H26N4O3/c1-30-21-12-17-14-25-13-16(17)11-20(21)26-23(29)18-9-5-6-10-19(18)24-27-22(28-31-24)15-7-3-2-4-8-15/h2-10,16-17,20-21,25H,11-14H2,1H3,(H,26,29)/t16-,17+,20-,21-/m0/s1. The largest absolute Gasteiger partial charge is 0.379 e. The molecule has 7 heteroatoms. The molecule has 1 aliphatic heterocycles. The lowest BCUT2D eigenvalue weighted by Crippen LogP contribution is -2.50. The lowest BCUT2D eigenvalue weighted by Gasteiger charge is -2.37. The van der Waals surface area contributed by atoms with Gasteiger partial charge in [0, 0.05) is 12.7 Å². The molecule has 2 aliphatic rings. The average Bonchev–Trinajstić information content (AvgIpc) is 3.48. The first-order valence-corrected chi connectivity index (χ1v) is 10.8. The van der Waals surface area contributed by atoms with E-state index in [1.165, 1.54) is 0 Å². The third kappa shape index (κ3) is 3.98. The van der Waals surface area contributed by atoms with Crippen LogP contribution in [0, 0.1) is 11.8 Å². The molecule has 1 saturated heterocycles. The van der Waals surface area contributed by atoms with E-state index < -0.39 is 0 Å². The Balaban J connectivity index is 1.38. The Hall–Kier alpha value is -3.03. The molecular weight excluding hydrogens is 392 g/mol. The molecule has 1 saturated carbocycles. The van der Waals surface area contributed by atoms with Gasteiger partial charge in [0.15, 0.2) is 0 Å². The van der Waals surface area contributed by atoms with Gasteiger partial charge in [-0.2, -0.15) is 4.98 Å². The molecule has 1 aliphatic carbocycles. The van der Waals surface area contributed by atoms with E-state index in [2.05, 4.69) is 20.8 Å². The molecule has 0 spiro atoms. The molecule has 0 bridgehead atoms. The lowest BCUT2D eigenvalue weighted by molar-refractivity contribution is 0.0125. The minimum atomic E-state index is -0.147. The number of hydrogen-bond donors (Lipinski definition) is 2. The Labute approximate surface area is 181 Å². The highest BCUT2D eigenvalue weighted by Gasteiger charge is 2.40. The van der Waals surface area contributed by atoms with Crippen LogP contribution in [-0.2, 0) is 4.74 Å². The fourth-order valence-electron chi connectivity index (χ4n) is 4.84. The van der Waals surface area contributed by atoms with E-state index in [4.69, 9.17) is 9.26 Å². The number of amides is 1. The number of rotatable bonds is 5. The summed E-state index contributed by atoms with van der Waals surface area (Å²) in [6, 6.07) is 17.0. The molecule has 0 radical (unpaired) electrons. The summed E-state index contributed by atoms with van der Waals surface area (Å²) < 4.78 is 11.2. The van der Waals surface area contributed by atoms with Gasteiger partial charge in [0.25, 0.3) is 11.8 Å². The molecule has 0 unspecified atom stereocenters. The van der Waals surface area contributed by atoms with Crippen molar-refractivity contribution in [1.82, 2.24) is 20.8 Å². The molecule has 1 amide bonds. The minimum Gasteiger partial charge on any atom is -0.379 e. The topological polar surface area (TPSA) is 89.3 Å². The van der Waals surface area contributed by atoms with Crippen LogP contribution in [0.25, 0.3) is 22.8 Å². The molecule has 2 heterocycles. The first-order chi connectivity index (χ1) is 15.2. The molecule has 1 aromatic heterocycles. The number of ether oxygens (including phenoxy) is 1. The number of fused-ring (bicyclic) bond motifs is 1. The Morgan fingerprint density at radius 3 is 2.61 bits per heavy atom. The van der Waals surface area contributed by atoms with Crippen molar-refractivity contribution in [2.24, 2.45) is 11.8 Å². The maximum Gasteiger partial charge on any atom is 0.259 e. The van der Waals surface area contributed by atoms with Crippen LogP contribution in [0.1, 0.15) is 23.2 Å². The zero-order valence-electron chi connectivity index (χ0n) is 17.5. The predicted octanol–water partition coefficient (Wildman–Crippen LogP) is 3.15. The van der Waals surface area contributed by atoms with Crippen LogP contribution in [0.15, 0.2) is 59.1 Å². The van der Waals surface area contributed by atoms with E-state index in [9.17, 15) is 4.79 Å². The molecular formula is C24H26N4O3. The highest BCUT2D eigenvalue weighted by Crippen LogP contribution is 2.34. The van der Waals surface area contributed by atoms with Gasteiger partial charge in [-0.25, -0.2) is 0 Å². The monoisotopic (exact) mass is 418 g/mol. The van der Waals surface area contributed by atoms with Crippen LogP contribution in [-0.4, -0.2) is 48.4 Å². The molecule has 2 fully saturated rings. The number of carbonyl (C=O) groups excluding carboxylic acids is 1. The summed E-state index contributed by atoms with van der Waals surface area (Å²) in [6.45, 7) is 2.04. The van der Waals surface area contributed by atoms with Gasteiger partial charge in [-0.05, 0) is 49.9 Å². The predicted molar refractivity (Wildman–Crippen MR) is 116 cm³/mol. The highest BCUT2D eigenvalue weighted by molar-refractivity contribution is 6.00. The van der Waals surface area contributed by atoms with Crippen LogP contribution in [0.2, 0.25) is 0 Å². The second-order valence-electron chi connectivity index (χ2n) is 8.34. The number of carbonyl (C=O) groups is 1. The highest BCUT2D eigenvalue weighted by atomic mass is 16.5. The van der Waals surface area contributed by atoms with Crippen molar-refractivity contribution in [3.63, 3.8) is 0 Å². The Morgan fingerprint density at radius 1 is 1.06 bits per heavy atom. The smallest absolute Gasteiger partial charge is 0.259 e. The van der Waals surface area contributed by atoms with E-state index in [0.717, 1.165) is 31.5 Å². The van der Waals surface area contributed by atoms with Crippen molar-refractivity contribution in [3.8, 4) is 22.8 Å². The molecule has 4 atom stereocenters. The third-order valence-corrected chi connectivity index (χ3v) is 6.50. The Kier molecular flexibility index (Phi) is 5.53. The van der Waals surface area contributed by atoms with Crippen LogP contribution < -0.4 is 10.6 Å². The minimum absolute atomic E-state index is 0.0188. The van der Waals surface area contributed by atoms with Gasteiger partial charge in [0.05, 0.1) is 23.3 Å². The van der Waals surface area contributed by atoms with Gasteiger partial charge in [-0.15, -0.1) is 0 Å². The number of methoxy groups -OCH3 is 1. The number of benzene rings is 2. The van der Waals surface area contributed by atoms with Crippen LogP contribution in [0.5, 0.6) is 0 Å². The Bertz CT molecular complexity index is 1050. The summed E-state index contributed by atoms with van der Waals surface area (Å²) in [6.07, 6.45) is 1.90. The second kappa shape index (κ2) is 8.61. The van der Waals surface area contributed by atoms with Gasteiger partial charge in [0.1, 0.15) is 0 Å². The summed E-state index contributed by atoms with van der Waals surface area (Å²) in [5.41, 5.74) is 2.01. The first kappa shape index (κ1) is 19.9. The van der Waals surface area contributed by atoms with Crippen LogP contribution >= 0.6 is 0 Å². The van der Waals surface area contributed by atoms with Crippen molar-refractivity contribution in [2.45, 2.75) is 25.0 Å². The Morgan fingerprint density at radius 2 is 1.81 bits per heavy atom. The fraction of sp³-hybridized carbons (Fsp3) is 0.375. The van der Waals surface area contributed by atoms with Gasteiger partial charge in [0.2, 0.25) is 5.82 Å². The van der Waals surface area contributed by atoms with Crippen molar-refractivity contribution in [3.05, 3.63) is 60.2 Å². The third-order valence-electron chi connectivity index (χ3n) is 6.50. The van der Waals surface area contributed by atoms with Crippen molar-refractivity contribution in [1.29, 1.82) is 0 Å². The molecule has 7 nitrogen and oxygen atoms in total. The van der Waals surface area contributed by atoms with Crippen molar-refractivity contribution >= 4 is 5.91 Å². The molecule has 3 aromatic rings. The normalized spacial score (nSPS) is 25.2. The fourth-order valence-corrected chi connectivity index (χ4v) is 4.84. The number of nitrogens with one attached hydrogen (secondary N) is 2. The van der Waals surface area contributed by atoms with Crippen LogP contribution in [0.3, 0.4) is 0 Å². The van der Waals surface area contributed by atoms with E-state index in [-0.39, 0.29) is 18.1 Å². The van der Waals surface area contributed by atoms with Gasteiger partial charge >= 0.3 is 0 Å². The quantitative estimate of drug-likeness (QED) is 0.662. The molecule has 160 valence electrons. The summed E-state index contributed by atoms with van der Waals surface area (Å²) in [7, 11) is 1.73. The summed E-state index contributed by atoms with van der Waals surface area (Å²) in [5.74, 6) is 1.89. The van der Waals surface area contributed by atoms with Gasteiger partial charge in [-0.3, -0.25) is 4.79 Å². The van der Waals surface area contributed by atoms with Crippen molar-refractivity contribution in [2.75, 3.05) is 20.2 Å². The summed E-state index contributed by atoms with van der Waals surface area (Å²) in [5, 5.41) is 10.8. The van der Waals surface area contributed by atoms with Gasteiger partial charge < -0.3 is 19.9 Å². The molecule has 5 rings (SSSR count). The maximum atomic E-state index is 13.3. The van der Waals surface area contributed by atoms with E-state index in [1.807, 2.05) is 48.5 Å². The zero-order valence-corrected chi connectivity index (χ0v) is 17.5. The SMILES string of the molecule is CO[C@H]1C[C@@H]2CNC[C@@H]2C[C@@H]1NC(=O)c1ccccc1-c1nc(-c2ccccc2)no1. The number of hydrogen-bond acceptors (Lipinski definition) is 6. The van der Waals surface area contributed by atoms with Crippen molar-refractivity contribution < 1.29 is 14.1 Å². The van der Waals surface area contributed by atoms with E-state index >= 15 is 0 Å². The van der Waals surface area contributed by atoms with Gasteiger partial charge in [-0.1, -0.05) is 47.6 Å². The number of nitrogens with zero attached hydrogens (tertiary/aromatic N) is 2. The van der Waals surface area contributed by atoms with E-state index in [0.29, 0.717) is 34.7 Å². The molecule has 2 aromatic carbocycles. The second-order valence-corrected chi connectivity index (χ2v) is 8.34. The maximum absolute atomic E-state index is 13.3. The summed E-state index contributed by atoms with van der Waals surface area (Å²) >= 11 is 0. The first-order valence-electron chi connectivity index (χ1n) is 10.8. The summed E-state index contributed by atoms with van der Waals surface area (Å²) in [4.78, 5) is 17.8.